The van der Waals surface area contributed by atoms with Gasteiger partial charge in [0.05, 0.1) is 26.4 Å². The minimum absolute atomic E-state index is 0.108. The van der Waals surface area contributed by atoms with Gasteiger partial charge in [-0.3, -0.25) is 37.3 Å². The Morgan fingerprint density at radius 1 is 0.262 bits per heavy atom. The van der Waals surface area contributed by atoms with Gasteiger partial charge >= 0.3 is 39.5 Å². The van der Waals surface area contributed by atoms with Gasteiger partial charge in [-0.2, -0.15) is 0 Å². The first kappa shape index (κ1) is 101. The summed E-state index contributed by atoms with van der Waals surface area (Å²) in [7, 11) is -9.92. The minimum Gasteiger partial charge on any atom is -0.462 e. The van der Waals surface area contributed by atoms with Gasteiger partial charge in [-0.15, -0.1) is 0 Å². The molecule has 103 heavy (non-hydrogen) atoms. The van der Waals surface area contributed by atoms with Crippen LogP contribution in [0.2, 0.25) is 0 Å². The van der Waals surface area contributed by atoms with Crippen LogP contribution in [0.25, 0.3) is 0 Å². The largest absolute Gasteiger partial charge is 0.472 e. The van der Waals surface area contributed by atoms with Crippen LogP contribution < -0.4 is 0 Å². The zero-order chi connectivity index (χ0) is 75.5. The molecule has 0 aliphatic heterocycles. The number of ether oxygens (including phenoxy) is 4. The maximum atomic E-state index is 13.1. The van der Waals surface area contributed by atoms with Crippen LogP contribution in [0.3, 0.4) is 0 Å². The zero-order valence-electron chi connectivity index (χ0n) is 67.5. The molecule has 0 aromatic heterocycles. The van der Waals surface area contributed by atoms with Crippen LogP contribution in [-0.2, 0) is 65.4 Å². The summed E-state index contributed by atoms with van der Waals surface area (Å²) in [5, 5.41) is 10.6. The molecule has 0 bridgehead atoms. The van der Waals surface area contributed by atoms with Gasteiger partial charge in [-0.05, 0) is 31.6 Å². The van der Waals surface area contributed by atoms with Gasteiger partial charge in [0.2, 0.25) is 0 Å². The number of rotatable bonds is 84. The second kappa shape index (κ2) is 76.8. The molecular formula is C84H164O17P2. The van der Waals surface area contributed by atoms with E-state index < -0.39 is 97.5 Å². The summed E-state index contributed by atoms with van der Waals surface area (Å²) in [6.07, 6.45) is 69.5. The lowest BCUT2D eigenvalue weighted by molar-refractivity contribution is -0.161. The minimum atomic E-state index is -4.96. The van der Waals surface area contributed by atoms with Crippen molar-refractivity contribution in [3.8, 4) is 0 Å². The van der Waals surface area contributed by atoms with Crippen LogP contribution in [0.15, 0.2) is 0 Å². The van der Waals surface area contributed by atoms with Crippen molar-refractivity contribution in [1.82, 2.24) is 0 Å². The van der Waals surface area contributed by atoms with Crippen LogP contribution in [0, 0.1) is 5.92 Å². The van der Waals surface area contributed by atoms with Crippen LogP contribution >= 0.6 is 15.6 Å². The van der Waals surface area contributed by atoms with Crippen molar-refractivity contribution in [3.63, 3.8) is 0 Å². The molecule has 612 valence electrons. The third kappa shape index (κ3) is 78.0. The molecule has 0 saturated carbocycles. The maximum absolute atomic E-state index is 13.1. The highest BCUT2D eigenvalue weighted by atomic mass is 31.2. The number of hydrogen-bond acceptors (Lipinski definition) is 15. The predicted molar refractivity (Wildman–Crippen MR) is 423 cm³/mol. The van der Waals surface area contributed by atoms with Crippen molar-refractivity contribution >= 4 is 39.5 Å². The lowest BCUT2D eigenvalue weighted by Crippen LogP contribution is -2.30. The first-order valence-electron chi connectivity index (χ1n) is 43.6. The lowest BCUT2D eigenvalue weighted by atomic mass is 10.0. The van der Waals surface area contributed by atoms with Crippen molar-refractivity contribution in [2.75, 3.05) is 39.6 Å². The van der Waals surface area contributed by atoms with Crippen LogP contribution in [-0.4, -0.2) is 96.7 Å². The molecule has 0 radical (unpaired) electrons. The van der Waals surface area contributed by atoms with E-state index in [-0.39, 0.29) is 25.7 Å². The van der Waals surface area contributed by atoms with Gasteiger partial charge in [-0.1, -0.05) is 401 Å². The van der Waals surface area contributed by atoms with E-state index in [9.17, 15) is 43.2 Å². The second-order valence-corrected chi connectivity index (χ2v) is 33.6. The molecular weight excluding hydrogens is 1340 g/mol. The fourth-order valence-corrected chi connectivity index (χ4v) is 14.7. The van der Waals surface area contributed by atoms with Gasteiger partial charge < -0.3 is 33.8 Å². The highest BCUT2D eigenvalue weighted by molar-refractivity contribution is 7.47. The number of carbonyl (C=O) groups excluding carboxylic acids is 4. The lowest BCUT2D eigenvalue weighted by Gasteiger charge is -2.21. The number of unbranched alkanes of at least 4 members (excludes halogenated alkanes) is 56. The number of carbonyl (C=O) groups is 4. The van der Waals surface area contributed by atoms with Gasteiger partial charge in [0.1, 0.15) is 19.3 Å². The van der Waals surface area contributed by atoms with Gasteiger partial charge in [-0.25, -0.2) is 9.13 Å². The Labute approximate surface area is 632 Å². The Hall–Kier alpha value is -1.94. The van der Waals surface area contributed by atoms with Crippen molar-refractivity contribution in [1.29, 1.82) is 0 Å². The van der Waals surface area contributed by atoms with E-state index in [1.165, 1.54) is 276 Å². The van der Waals surface area contributed by atoms with E-state index in [1.807, 2.05) is 0 Å². The summed E-state index contributed by atoms with van der Waals surface area (Å²) in [6, 6.07) is 0. The van der Waals surface area contributed by atoms with Gasteiger partial charge in [0.15, 0.2) is 12.2 Å². The van der Waals surface area contributed by atoms with Crippen LogP contribution in [0.1, 0.15) is 452 Å². The number of aliphatic hydroxyl groups excluding tert-OH is 1. The summed E-state index contributed by atoms with van der Waals surface area (Å²) >= 11 is 0. The molecule has 0 aliphatic rings. The Morgan fingerprint density at radius 3 is 0.660 bits per heavy atom. The third-order valence-corrected chi connectivity index (χ3v) is 21.7. The Kier molecular flexibility index (Phi) is 75.4. The van der Waals surface area contributed by atoms with E-state index in [1.54, 1.807) is 0 Å². The molecule has 0 rings (SSSR count). The van der Waals surface area contributed by atoms with Crippen molar-refractivity contribution < 1.29 is 80.2 Å². The molecule has 5 atom stereocenters. The number of phosphoric acid groups is 2. The average molecular weight is 1510 g/mol. The van der Waals surface area contributed by atoms with Crippen molar-refractivity contribution in [2.24, 2.45) is 5.92 Å². The second-order valence-electron chi connectivity index (χ2n) is 30.7. The predicted octanol–water partition coefficient (Wildman–Crippen LogP) is 25.6. The molecule has 0 amide bonds. The summed E-state index contributed by atoms with van der Waals surface area (Å²) in [6.45, 7) is 7.36. The summed E-state index contributed by atoms with van der Waals surface area (Å²) in [5.74, 6) is -1.28. The molecule has 19 heteroatoms. The Balaban J connectivity index is 5.18. The van der Waals surface area contributed by atoms with Crippen molar-refractivity contribution in [2.45, 2.75) is 470 Å². The first-order chi connectivity index (χ1) is 50.0. The number of phosphoric ester groups is 2. The highest BCUT2D eigenvalue weighted by Gasteiger charge is 2.30. The Morgan fingerprint density at radius 2 is 0.447 bits per heavy atom. The number of esters is 4. The number of aliphatic hydroxyl groups is 1. The SMILES string of the molecule is CCCCCCCCCCCCCCCCCCCCCC(=O)OC[C@H](COP(=O)(O)OC[C@@H](O)COP(=O)(O)OC[C@@H](COC(=O)CCCCCCCCCC)OC(=O)CCCCCCCCCCCCCCCCC)OC(=O)CCCCCCCCCCCCCCCCCCCCC(C)C. The highest BCUT2D eigenvalue weighted by Crippen LogP contribution is 2.45. The molecule has 2 unspecified atom stereocenters. The fraction of sp³-hybridized carbons (Fsp3) is 0.952. The quantitative estimate of drug-likeness (QED) is 0.0222. The molecule has 0 spiro atoms. The number of hydrogen-bond donors (Lipinski definition) is 3. The maximum Gasteiger partial charge on any atom is 0.472 e. The van der Waals surface area contributed by atoms with E-state index in [0.29, 0.717) is 25.7 Å². The molecule has 0 aromatic rings. The van der Waals surface area contributed by atoms with Crippen molar-refractivity contribution in [3.05, 3.63) is 0 Å². The van der Waals surface area contributed by atoms with Crippen LogP contribution in [0.4, 0.5) is 0 Å². The Bertz CT molecular complexity index is 1960. The standard InChI is InChI=1S/C84H164O17P2/c1-6-9-12-15-18-21-23-25-27-28-29-33-37-40-44-48-53-58-63-68-82(87)95-74-80(101-84(89)70-65-60-55-50-46-42-38-34-31-30-32-36-39-43-47-51-56-61-66-77(4)5)76-99-103(92,93)97-72-78(85)71-96-102(90,91)98-75-79(73-94-81(86)67-62-57-52-20-17-14-11-8-3)100-83(88)69-64-59-54-49-45-41-35-26-24-22-19-16-13-10-7-2/h77-80,85H,6-76H2,1-5H3,(H,90,91)(H,92,93)/t78-,79+,80+/m0/s1. The van der Waals surface area contributed by atoms with E-state index >= 15 is 0 Å². The molecule has 0 fully saturated rings. The van der Waals surface area contributed by atoms with E-state index in [0.717, 1.165) is 95.8 Å². The molecule has 3 N–H and O–H groups in total. The first-order valence-corrected chi connectivity index (χ1v) is 46.6. The zero-order valence-corrected chi connectivity index (χ0v) is 69.3. The van der Waals surface area contributed by atoms with Gasteiger partial charge in [0, 0.05) is 25.7 Å². The fourth-order valence-electron chi connectivity index (χ4n) is 13.1. The molecule has 17 nitrogen and oxygen atoms in total. The van der Waals surface area contributed by atoms with E-state index in [4.69, 9.17) is 37.0 Å². The topological polar surface area (TPSA) is 237 Å². The monoisotopic (exact) mass is 1510 g/mol. The molecule has 0 heterocycles. The average Bonchev–Trinajstić information content (AvgIpc) is 0.927. The van der Waals surface area contributed by atoms with Crippen LogP contribution in [0.5, 0.6) is 0 Å². The third-order valence-electron chi connectivity index (χ3n) is 19.8. The summed E-state index contributed by atoms with van der Waals surface area (Å²) < 4.78 is 68.7. The van der Waals surface area contributed by atoms with E-state index in [2.05, 4.69) is 34.6 Å². The summed E-state index contributed by atoms with van der Waals surface area (Å²) in [4.78, 5) is 73.0. The smallest absolute Gasteiger partial charge is 0.462 e. The molecule has 0 saturated heterocycles. The normalized spacial score (nSPS) is 13.8. The van der Waals surface area contributed by atoms with Gasteiger partial charge in [0.25, 0.3) is 0 Å². The molecule has 0 aromatic carbocycles. The summed E-state index contributed by atoms with van der Waals surface area (Å²) in [5.41, 5.74) is 0. The molecule has 0 aliphatic carbocycles.